The van der Waals surface area contributed by atoms with E-state index in [9.17, 15) is 4.79 Å². The molecule has 0 fully saturated rings. The lowest BCUT2D eigenvalue weighted by molar-refractivity contribution is -0.119. The Labute approximate surface area is 165 Å². The molecule has 0 bridgehead atoms. The van der Waals surface area contributed by atoms with Crippen molar-refractivity contribution in [1.82, 2.24) is 14.8 Å². The van der Waals surface area contributed by atoms with Gasteiger partial charge in [-0.3, -0.25) is 4.79 Å². The molecular formula is C24H23N3O. The monoisotopic (exact) mass is 369 g/mol. The standard InChI is InChI=1S/C24H23N3O/c28-22(17-16-19-10-4-1-5-11-19)18-27-24(21-14-8-3-9-15-21)25-23(26-27)20-12-6-2-7-13-20/h2-4,6-15H,1,5,16-18H2. The predicted molar refractivity (Wildman–Crippen MR) is 112 cm³/mol. The van der Waals surface area contributed by atoms with Gasteiger partial charge in [-0.2, -0.15) is 0 Å². The van der Waals surface area contributed by atoms with Gasteiger partial charge in [0.1, 0.15) is 6.54 Å². The molecule has 0 radical (unpaired) electrons. The van der Waals surface area contributed by atoms with Gasteiger partial charge in [0.15, 0.2) is 17.4 Å². The average Bonchev–Trinajstić information content (AvgIpc) is 3.18. The highest BCUT2D eigenvalue weighted by Crippen LogP contribution is 2.23. The second-order valence-electron chi connectivity index (χ2n) is 6.95. The molecule has 4 heteroatoms. The van der Waals surface area contributed by atoms with Gasteiger partial charge in [-0.25, -0.2) is 9.67 Å². The van der Waals surface area contributed by atoms with Crippen molar-refractivity contribution in [2.45, 2.75) is 32.2 Å². The van der Waals surface area contributed by atoms with Gasteiger partial charge in [0, 0.05) is 17.5 Å². The van der Waals surface area contributed by atoms with Gasteiger partial charge >= 0.3 is 0 Å². The summed E-state index contributed by atoms with van der Waals surface area (Å²) in [6.45, 7) is 0.237. The number of nitrogens with zero attached hydrogens (tertiary/aromatic N) is 3. The van der Waals surface area contributed by atoms with Crippen LogP contribution in [0.2, 0.25) is 0 Å². The van der Waals surface area contributed by atoms with Crippen LogP contribution < -0.4 is 0 Å². The Kier molecular flexibility index (Phi) is 5.57. The number of carbonyl (C=O) groups excluding carboxylic acids is 1. The summed E-state index contributed by atoms with van der Waals surface area (Å²) in [5.41, 5.74) is 3.16. The first kappa shape index (κ1) is 18.1. The van der Waals surface area contributed by atoms with E-state index in [0.717, 1.165) is 36.2 Å². The fraction of sp³-hybridized carbons (Fsp3) is 0.208. The highest BCUT2D eigenvalue weighted by Gasteiger charge is 2.16. The van der Waals surface area contributed by atoms with Crippen LogP contribution in [0.25, 0.3) is 22.8 Å². The van der Waals surface area contributed by atoms with Crippen LogP contribution in [0.5, 0.6) is 0 Å². The lowest BCUT2D eigenvalue weighted by atomic mass is 10.0. The van der Waals surface area contributed by atoms with E-state index in [4.69, 9.17) is 4.98 Å². The molecule has 1 heterocycles. The van der Waals surface area contributed by atoms with Crippen LogP contribution in [0.1, 0.15) is 25.7 Å². The van der Waals surface area contributed by atoms with Crippen LogP contribution in [0, 0.1) is 0 Å². The fourth-order valence-electron chi connectivity index (χ4n) is 3.35. The molecule has 28 heavy (non-hydrogen) atoms. The quantitative estimate of drug-likeness (QED) is 0.572. The molecule has 0 unspecified atom stereocenters. The minimum Gasteiger partial charge on any atom is -0.298 e. The average molecular weight is 369 g/mol. The molecular weight excluding hydrogens is 346 g/mol. The second-order valence-corrected chi connectivity index (χ2v) is 6.95. The Morgan fingerprint density at radius 1 is 0.929 bits per heavy atom. The third kappa shape index (κ3) is 4.34. The largest absolute Gasteiger partial charge is 0.298 e. The minimum atomic E-state index is 0.168. The van der Waals surface area contributed by atoms with Gasteiger partial charge in [-0.15, -0.1) is 5.10 Å². The molecule has 1 aliphatic rings. The number of carbonyl (C=O) groups is 1. The predicted octanol–water partition coefficient (Wildman–Crippen LogP) is 5.24. The molecule has 4 rings (SSSR count). The lowest BCUT2D eigenvalue weighted by Crippen LogP contribution is -2.13. The number of allylic oxidation sites excluding steroid dienone is 4. The molecule has 3 aromatic rings. The van der Waals surface area contributed by atoms with Crippen molar-refractivity contribution in [2.24, 2.45) is 0 Å². The van der Waals surface area contributed by atoms with Crippen LogP contribution in [-0.4, -0.2) is 20.5 Å². The summed E-state index contributed by atoms with van der Waals surface area (Å²) >= 11 is 0. The zero-order chi connectivity index (χ0) is 19.2. The topological polar surface area (TPSA) is 47.8 Å². The summed E-state index contributed by atoms with van der Waals surface area (Å²) in [5.74, 6) is 1.54. The Morgan fingerprint density at radius 3 is 2.32 bits per heavy atom. The molecule has 4 nitrogen and oxygen atoms in total. The maximum absolute atomic E-state index is 12.6. The summed E-state index contributed by atoms with van der Waals surface area (Å²) in [4.78, 5) is 17.4. The van der Waals surface area contributed by atoms with E-state index in [1.54, 1.807) is 4.68 Å². The smallest absolute Gasteiger partial charge is 0.181 e. The number of hydrogen-bond acceptors (Lipinski definition) is 3. The van der Waals surface area contributed by atoms with E-state index in [0.29, 0.717) is 12.2 Å². The van der Waals surface area contributed by atoms with E-state index in [1.165, 1.54) is 5.57 Å². The van der Waals surface area contributed by atoms with Gasteiger partial charge < -0.3 is 0 Å². The van der Waals surface area contributed by atoms with E-state index in [-0.39, 0.29) is 12.3 Å². The van der Waals surface area contributed by atoms with Gasteiger partial charge in [0.2, 0.25) is 0 Å². The Balaban J connectivity index is 1.56. The Bertz CT molecular complexity index is 1000. The van der Waals surface area contributed by atoms with Crippen molar-refractivity contribution < 1.29 is 4.79 Å². The fourth-order valence-corrected chi connectivity index (χ4v) is 3.35. The van der Waals surface area contributed by atoms with Gasteiger partial charge in [-0.05, 0) is 19.3 Å². The Hall–Kier alpha value is -3.27. The van der Waals surface area contributed by atoms with Crippen molar-refractivity contribution in [3.8, 4) is 22.8 Å². The summed E-state index contributed by atoms with van der Waals surface area (Å²) < 4.78 is 1.74. The first-order valence-corrected chi connectivity index (χ1v) is 9.72. The number of Topliss-reactive ketones (excluding diaryl/α,β-unsaturated/α-hetero) is 1. The molecule has 0 aliphatic heterocycles. The molecule has 2 aromatic carbocycles. The van der Waals surface area contributed by atoms with Crippen LogP contribution in [0.3, 0.4) is 0 Å². The van der Waals surface area contributed by atoms with Gasteiger partial charge in [0.25, 0.3) is 0 Å². The molecule has 0 spiro atoms. The van der Waals surface area contributed by atoms with Crippen molar-refractivity contribution in [2.75, 3.05) is 0 Å². The minimum absolute atomic E-state index is 0.168. The van der Waals surface area contributed by atoms with Gasteiger partial charge in [0.05, 0.1) is 0 Å². The highest BCUT2D eigenvalue weighted by molar-refractivity contribution is 5.79. The number of benzene rings is 2. The van der Waals surface area contributed by atoms with E-state index >= 15 is 0 Å². The summed E-state index contributed by atoms with van der Waals surface area (Å²) in [5, 5.41) is 4.65. The van der Waals surface area contributed by atoms with Crippen molar-refractivity contribution >= 4 is 5.78 Å². The number of rotatable bonds is 7. The first-order chi connectivity index (χ1) is 13.8. The Morgan fingerprint density at radius 2 is 1.64 bits per heavy atom. The van der Waals surface area contributed by atoms with E-state index < -0.39 is 0 Å². The molecule has 1 aromatic heterocycles. The zero-order valence-electron chi connectivity index (χ0n) is 15.8. The van der Waals surface area contributed by atoms with Crippen molar-refractivity contribution in [1.29, 1.82) is 0 Å². The molecule has 0 N–H and O–H groups in total. The van der Waals surface area contributed by atoms with Crippen molar-refractivity contribution in [3.05, 3.63) is 84.5 Å². The lowest BCUT2D eigenvalue weighted by Gasteiger charge is -2.08. The number of hydrogen-bond donors (Lipinski definition) is 0. The SMILES string of the molecule is O=C(CCC1=CCCC=C1)Cn1nc(-c2ccccc2)nc1-c1ccccc1. The third-order valence-corrected chi connectivity index (χ3v) is 4.83. The zero-order valence-corrected chi connectivity index (χ0v) is 15.8. The van der Waals surface area contributed by atoms with E-state index in [1.807, 2.05) is 60.7 Å². The highest BCUT2D eigenvalue weighted by atomic mass is 16.1. The molecule has 140 valence electrons. The molecule has 0 saturated carbocycles. The molecule has 0 atom stereocenters. The summed E-state index contributed by atoms with van der Waals surface area (Å²) in [6.07, 6.45) is 10.0. The first-order valence-electron chi connectivity index (χ1n) is 9.72. The van der Waals surface area contributed by atoms with Crippen LogP contribution in [0.4, 0.5) is 0 Å². The second kappa shape index (κ2) is 8.61. The number of aromatic nitrogens is 3. The molecule has 1 aliphatic carbocycles. The maximum atomic E-state index is 12.6. The maximum Gasteiger partial charge on any atom is 0.181 e. The van der Waals surface area contributed by atoms with Crippen LogP contribution in [-0.2, 0) is 11.3 Å². The third-order valence-electron chi connectivity index (χ3n) is 4.83. The molecule has 0 amide bonds. The van der Waals surface area contributed by atoms with Crippen molar-refractivity contribution in [3.63, 3.8) is 0 Å². The summed E-state index contributed by atoms with van der Waals surface area (Å²) in [7, 11) is 0. The normalized spacial score (nSPS) is 13.4. The van der Waals surface area contributed by atoms with E-state index in [2.05, 4.69) is 23.3 Å². The van der Waals surface area contributed by atoms with Crippen LogP contribution >= 0.6 is 0 Å². The summed E-state index contributed by atoms with van der Waals surface area (Å²) in [6, 6.07) is 19.8. The number of ketones is 1. The van der Waals surface area contributed by atoms with Gasteiger partial charge in [-0.1, -0.05) is 84.5 Å². The molecule has 0 saturated heterocycles. The van der Waals surface area contributed by atoms with Crippen LogP contribution in [0.15, 0.2) is 84.5 Å².